The first-order valence-electron chi connectivity index (χ1n) is 6.66. The van der Waals surface area contributed by atoms with E-state index in [0.29, 0.717) is 17.2 Å². The molecule has 1 heterocycles. The van der Waals surface area contributed by atoms with E-state index in [4.69, 9.17) is 37.1 Å². The van der Waals surface area contributed by atoms with Crippen LogP contribution < -0.4 is 5.73 Å². The summed E-state index contributed by atoms with van der Waals surface area (Å²) in [6, 6.07) is 0. The summed E-state index contributed by atoms with van der Waals surface area (Å²) < 4.78 is 0. The van der Waals surface area contributed by atoms with Gasteiger partial charge in [-0.1, -0.05) is 34.6 Å². The van der Waals surface area contributed by atoms with Crippen molar-refractivity contribution in [3.8, 4) is 0 Å². The van der Waals surface area contributed by atoms with E-state index in [1.165, 1.54) is 11.3 Å². The molecule has 2 N–H and O–H groups in total. The lowest BCUT2D eigenvalue weighted by molar-refractivity contribution is 0.622. The van der Waals surface area contributed by atoms with Crippen LogP contribution in [-0.2, 0) is 6.42 Å². The first kappa shape index (κ1) is 18.8. The Hall–Kier alpha value is -1.23. The van der Waals surface area contributed by atoms with Gasteiger partial charge in [0.05, 0.1) is 31.4 Å². The number of hydrogen-bond acceptors (Lipinski definition) is 5. The average Bonchev–Trinajstić information content (AvgIpc) is 2.82. The maximum atomic E-state index is 6.14. The van der Waals surface area contributed by atoms with E-state index in [2.05, 4.69) is 21.9 Å². The molecule has 0 bridgehead atoms. The zero-order valence-electron chi connectivity index (χ0n) is 12.9. The zero-order chi connectivity index (χ0) is 17.0. The van der Waals surface area contributed by atoms with Gasteiger partial charge < -0.3 is 5.73 Å². The third kappa shape index (κ3) is 4.63. The first-order chi connectivity index (χ1) is 10.1. The van der Waals surface area contributed by atoms with Gasteiger partial charge in [-0.2, -0.15) is 0 Å². The number of nitrogen functional groups attached to an aromatic ring is 1. The Morgan fingerprint density at radius 1 is 1.27 bits per heavy atom. The SMILES string of the molecule is [B]C([B])(CCc1nnc(N)s1)C([B])([B])/C(=C/C=C(C)C)N=C. The highest BCUT2D eigenvalue weighted by Gasteiger charge is 2.37. The van der Waals surface area contributed by atoms with Crippen LogP contribution >= 0.6 is 11.3 Å². The van der Waals surface area contributed by atoms with Crippen molar-refractivity contribution in [1.29, 1.82) is 0 Å². The number of allylic oxidation sites excluding steroid dienone is 4. The molecule has 0 atom stereocenters. The van der Waals surface area contributed by atoms with Crippen LogP contribution in [0.1, 0.15) is 25.3 Å². The topological polar surface area (TPSA) is 64.2 Å². The summed E-state index contributed by atoms with van der Waals surface area (Å²) in [5.41, 5.74) is 6.91. The molecule has 1 rings (SSSR count). The molecule has 0 aliphatic heterocycles. The number of aryl methyl sites for hydroxylation is 1. The van der Waals surface area contributed by atoms with Gasteiger partial charge in [-0.15, -0.1) is 15.4 Å². The molecule has 8 radical (unpaired) electrons. The second-order valence-corrected chi connectivity index (χ2v) is 6.49. The van der Waals surface area contributed by atoms with Crippen molar-refractivity contribution in [3.63, 3.8) is 0 Å². The minimum Gasteiger partial charge on any atom is -0.374 e. The van der Waals surface area contributed by atoms with Gasteiger partial charge in [-0.05, 0) is 26.6 Å². The Morgan fingerprint density at radius 3 is 2.36 bits per heavy atom. The van der Waals surface area contributed by atoms with Crippen LogP contribution in [0.15, 0.2) is 28.4 Å². The molecule has 0 aliphatic carbocycles. The van der Waals surface area contributed by atoms with Crippen LogP contribution in [0.25, 0.3) is 0 Å². The van der Waals surface area contributed by atoms with Gasteiger partial charge in [0.1, 0.15) is 5.01 Å². The van der Waals surface area contributed by atoms with E-state index in [1.807, 2.05) is 19.9 Å². The lowest BCUT2D eigenvalue weighted by Crippen LogP contribution is -2.34. The maximum absolute atomic E-state index is 6.14. The minimum absolute atomic E-state index is 0.288. The van der Waals surface area contributed by atoms with Crippen LogP contribution in [0, 0.1) is 0 Å². The molecule has 22 heavy (non-hydrogen) atoms. The van der Waals surface area contributed by atoms with Gasteiger partial charge in [0.15, 0.2) is 0 Å². The fourth-order valence-corrected chi connectivity index (χ4v) is 2.30. The zero-order valence-corrected chi connectivity index (χ0v) is 13.7. The summed E-state index contributed by atoms with van der Waals surface area (Å²) in [6.07, 6.45) is 4.24. The molecule has 0 aromatic carbocycles. The largest absolute Gasteiger partial charge is 0.374 e. The number of aromatic nitrogens is 2. The molecule has 0 spiro atoms. The highest BCUT2D eigenvalue weighted by atomic mass is 32.1. The monoisotopic (exact) mass is 304 g/mol. The molecule has 0 saturated heterocycles. The predicted octanol–water partition coefficient (Wildman–Crippen LogP) is 1.51. The van der Waals surface area contributed by atoms with Crippen LogP contribution in [0.5, 0.6) is 0 Å². The van der Waals surface area contributed by atoms with Crippen molar-refractivity contribution in [2.24, 2.45) is 4.99 Å². The van der Waals surface area contributed by atoms with E-state index < -0.39 is 10.4 Å². The number of nitrogens with two attached hydrogens (primary N) is 1. The molecule has 0 unspecified atom stereocenters. The fourth-order valence-electron chi connectivity index (χ4n) is 1.69. The van der Waals surface area contributed by atoms with Gasteiger partial charge in [-0.3, -0.25) is 4.99 Å². The smallest absolute Gasteiger partial charge is 0.203 e. The molecule has 4 nitrogen and oxygen atoms in total. The second-order valence-electron chi connectivity index (χ2n) is 5.40. The lowest BCUT2D eigenvalue weighted by atomic mass is 9.28. The Labute approximate surface area is 141 Å². The van der Waals surface area contributed by atoms with E-state index in [9.17, 15) is 0 Å². The minimum atomic E-state index is -1.54. The summed E-state index contributed by atoms with van der Waals surface area (Å²) in [4.78, 5) is 3.87. The molecule has 0 amide bonds. The molecule has 9 heteroatoms. The highest BCUT2D eigenvalue weighted by Crippen LogP contribution is 2.50. The first-order valence-corrected chi connectivity index (χ1v) is 7.47. The van der Waals surface area contributed by atoms with E-state index >= 15 is 0 Å². The van der Waals surface area contributed by atoms with Gasteiger partial charge in [0, 0.05) is 12.1 Å². The van der Waals surface area contributed by atoms with E-state index in [0.717, 1.165) is 10.6 Å². The second kappa shape index (κ2) is 7.36. The molecule has 106 valence electrons. The van der Waals surface area contributed by atoms with Gasteiger partial charge >= 0.3 is 0 Å². The third-order valence-corrected chi connectivity index (χ3v) is 3.99. The number of nitrogens with zero attached hydrogens (tertiary/aromatic N) is 3. The Balaban J connectivity index is 2.93. The quantitative estimate of drug-likeness (QED) is 0.472. The highest BCUT2D eigenvalue weighted by molar-refractivity contribution is 7.15. The summed E-state index contributed by atoms with van der Waals surface area (Å²) in [6.45, 7) is 7.35. The van der Waals surface area contributed by atoms with Crippen LogP contribution in [-0.4, -0.2) is 48.3 Å². The molecule has 1 aromatic heterocycles. The number of aliphatic imine (C=N–C) groups is 1. The molecule has 1 aromatic rings. The van der Waals surface area contributed by atoms with Crippen LogP contribution in [0.3, 0.4) is 0 Å². The Kier molecular flexibility index (Phi) is 6.29. The predicted molar refractivity (Wildman–Crippen MR) is 98.1 cm³/mol. The van der Waals surface area contributed by atoms with Crippen molar-refractivity contribution in [2.45, 2.75) is 37.1 Å². The average molecular weight is 304 g/mol. The van der Waals surface area contributed by atoms with Gasteiger partial charge in [0.2, 0.25) is 5.13 Å². The van der Waals surface area contributed by atoms with Crippen molar-refractivity contribution in [2.75, 3.05) is 5.73 Å². The number of hydrogen-bond donors (Lipinski definition) is 1. The summed E-state index contributed by atoms with van der Waals surface area (Å²) in [5.74, 6) is 0. The molecule has 0 fully saturated rings. The normalized spacial score (nSPS) is 12.9. The van der Waals surface area contributed by atoms with E-state index in [-0.39, 0.29) is 6.42 Å². The Bertz CT molecular complexity index is 589. The van der Waals surface area contributed by atoms with Crippen molar-refractivity contribution in [1.82, 2.24) is 10.2 Å². The summed E-state index contributed by atoms with van der Waals surface area (Å²) >= 11 is 1.27. The molecular weight excluding hydrogens is 287 g/mol. The van der Waals surface area contributed by atoms with Gasteiger partial charge in [0.25, 0.3) is 0 Å². The van der Waals surface area contributed by atoms with Crippen molar-refractivity contribution >= 4 is 54.6 Å². The standard InChI is InChI=1S/C13H16B4N4S/c1-8(2)4-5-9(19-3)13(16,17)12(14,15)7-6-10-20-21-11(18)22-10/h4-5H,3,6-7H2,1-2H3,(H2,18,21)/b9-5-. The molecular formula is C13H16B4N4S. The molecule has 0 aliphatic rings. The third-order valence-electron chi connectivity index (χ3n) is 3.17. The lowest BCUT2D eigenvalue weighted by Gasteiger charge is -2.44. The van der Waals surface area contributed by atoms with Crippen LogP contribution in [0.2, 0.25) is 10.4 Å². The summed E-state index contributed by atoms with van der Waals surface area (Å²) in [5, 5.41) is 5.80. The number of anilines is 1. The molecule has 0 saturated carbocycles. The fraction of sp³-hybridized carbons (Fsp3) is 0.462. The summed E-state index contributed by atoms with van der Waals surface area (Å²) in [7, 11) is 24.6. The van der Waals surface area contributed by atoms with Crippen molar-refractivity contribution in [3.05, 3.63) is 28.4 Å². The maximum Gasteiger partial charge on any atom is 0.203 e. The number of rotatable bonds is 7. The van der Waals surface area contributed by atoms with Gasteiger partial charge in [-0.25, -0.2) is 0 Å². The van der Waals surface area contributed by atoms with E-state index in [1.54, 1.807) is 6.08 Å². The Morgan fingerprint density at radius 2 is 1.91 bits per heavy atom. The van der Waals surface area contributed by atoms with Crippen molar-refractivity contribution < 1.29 is 0 Å². The van der Waals surface area contributed by atoms with Crippen LogP contribution in [0.4, 0.5) is 5.13 Å².